The van der Waals surface area contributed by atoms with Crippen LogP contribution in [0.4, 0.5) is 14.5 Å². The zero-order valence-electron chi connectivity index (χ0n) is 9.86. The molecule has 0 aromatic heterocycles. The lowest BCUT2D eigenvalue weighted by molar-refractivity contribution is 0.0697. The highest BCUT2D eigenvalue weighted by atomic mass is 19.2. The number of hydrogen-bond donors (Lipinski definition) is 2. The van der Waals surface area contributed by atoms with Crippen molar-refractivity contribution in [3.8, 4) is 0 Å². The van der Waals surface area contributed by atoms with Crippen LogP contribution in [0, 0.1) is 11.6 Å². The molecule has 0 heterocycles. The summed E-state index contributed by atoms with van der Waals surface area (Å²) < 4.78 is 25.7. The number of anilines is 1. The van der Waals surface area contributed by atoms with Crippen LogP contribution in [0.15, 0.2) is 42.5 Å². The monoisotopic (exact) mass is 263 g/mol. The molecule has 0 aliphatic carbocycles. The number of rotatable bonds is 4. The minimum Gasteiger partial charge on any atom is -0.478 e. The number of carboxylic acid groups (broad SMARTS) is 1. The third kappa shape index (κ3) is 3.28. The molecule has 0 atom stereocenters. The molecule has 3 nitrogen and oxygen atoms in total. The van der Waals surface area contributed by atoms with Gasteiger partial charge in [0.1, 0.15) is 0 Å². The third-order valence-corrected chi connectivity index (χ3v) is 2.59. The molecule has 0 aliphatic heterocycles. The van der Waals surface area contributed by atoms with Crippen molar-refractivity contribution in [1.82, 2.24) is 0 Å². The van der Waals surface area contributed by atoms with Gasteiger partial charge in [0.2, 0.25) is 0 Å². The third-order valence-electron chi connectivity index (χ3n) is 2.59. The van der Waals surface area contributed by atoms with Crippen LogP contribution >= 0.6 is 0 Å². The summed E-state index contributed by atoms with van der Waals surface area (Å²) in [7, 11) is 0. The van der Waals surface area contributed by atoms with Gasteiger partial charge in [-0.15, -0.1) is 0 Å². The molecule has 0 fully saturated rings. The second kappa shape index (κ2) is 5.48. The van der Waals surface area contributed by atoms with E-state index >= 15 is 0 Å². The van der Waals surface area contributed by atoms with Gasteiger partial charge in [0, 0.05) is 12.2 Å². The summed E-state index contributed by atoms with van der Waals surface area (Å²) in [6.45, 7) is 0.278. The summed E-state index contributed by atoms with van der Waals surface area (Å²) in [6.07, 6.45) is 0. The van der Waals surface area contributed by atoms with Gasteiger partial charge < -0.3 is 10.4 Å². The molecular formula is C14H11F2NO2. The number of carbonyl (C=O) groups is 1. The van der Waals surface area contributed by atoms with E-state index in [0.717, 1.165) is 12.1 Å². The van der Waals surface area contributed by atoms with Gasteiger partial charge in [-0.2, -0.15) is 0 Å². The van der Waals surface area contributed by atoms with E-state index in [4.69, 9.17) is 5.11 Å². The fourth-order valence-electron chi connectivity index (χ4n) is 1.62. The molecule has 0 saturated carbocycles. The van der Waals surface area contributed by atoms with Crippen LogP contribution in [0.3, 0.4) is 0 Å². The number of hydrogen-bond acceptors (Lipinski definition) is 2. The zero-order valence-corrected chi connectivity index (χ0v) is 9.86. The van der Waals surface area contributed by atoms with Crippen molar-refractivity contribution in [2.24, 2.45) is 0 Å². The van der Waals surface area contributed by atoms with Gasteiger partial charge in [0.25, 0.3) is 0 Å². The average molecular weight is 263 g/mol. The Labute approximate surface area is 108 Å². The zero-order chi connectivity index (χ0) is 13.8. The first kappa shape index (κ1) is 13.0. The predicted molar refractivity (Wildman–Crippen MR) is 67.1 cm³/mol. The molecule has 0 unspecified atom stereocenters. The molecule has 5 heteroatoms. The Morgan fingerprint density at radius 1 is 1.11 bits per heavy atom. The fourth-order valence-corrected chi connectivity index (χ4v) is 1.62. The smallest absolute Gasteiger partial charge is 0.335 e. The van der Waals surface area contributed by atoms with Gasteiger partial charge in [-0.3, -0.25) is 0 Å². The van der Waals surface area contributed by atoms with Crippen molar-refractivity contribution in [3.63, 3.8) is 0 Å². The maximum absolute atomic E-state index is 13.0. The molecule has 0 amide bonds. The van der Waals surface area contributed by atoms with Crippen molar-refractivity contribution < 1.29 is 18.7 Å². The Hall–Kier alpha value is -2.43. The molecule has 2 aromatic rings. The van der Waals surface area contributed by atoms with E-state index in [0.29, 0.717) is 11.3 Å². The van der Waals surface area contributed by atoms with Crippen molar-refractivity contribution in [2.75, 3.05) is 5.32 Å². The first-order valence-electron chi connectivity index (χ1n) is 5.57. The number of benzene rings is 2. The molecular weight excluding hydrogens is 252 g/mol. The van der Waals surface area contributed by atoms with Crippen molar-refractivity contribution in [1.29, 1.82) is 0 Å². The molecule has 0 spiro atoms. The Morgan fingerprint density at radius 3 is 2.58 bits per heavy atom. The van der Waals surface area contributed by atoms with E-state index in [1.807, 2.05) is 0 Å². The van der Waals surface area contributed by atoms with Crippen LogP contribution in [0.1, 0.15) is 15.9 Å². The molecule has 0 aliphatic rings. The highest BCUT2D eigenvalue weighted by Gasteiger charge is 2.04. The summed E-state index contributed by atoms with van der Waals surface area (Å²) in [6, 6.07) is 9.88. The Bertz CT molecular complexity index is 614. The van der Waals surface area contributed by atoms with Gasteiger partial charge in [-0.05, 0) is 35.9 Å². The average Bonchev–Trinajstić information content (AvgIpc) is 2.40. The van der Waals surface area contributed by atoms with Gasteiger partial charge in [-0.25, -0.2) is 13.6 Å². The second-order valence-electron chi connectivity index (χ2n) is 3.99. The Kier molecular flexibility index (Phi) is 3.75. The molecule has 0 radical (unpaired) electrons. The highest BCUT2D eigenvalue weighted by molar-refractivity contribution is 5.88. The lowest BCUT2D eigenvalue weighted by Gasteiger charge is -2.07. The molecule has 19 heavy (non-hydrogen) atoms. The number of nitrogens with one attached hydrogen (secondary N) is 1. The first-order chi connectivity index (χ1) is 9.06. The molecule has 2 aromatic carbocycles. The van der Waals surface area contributed by atoms with Crippen molar-refractivity contribution in [3.05, 3.63) is 65.2 Å². The Balaban J connectivity index is 2.07. The first-order valence-corrected chi connectivity index (χ1v) is 5.57. The fraction of sp³-hybridized carbons (Fsp3) is 0.0714. The predicted octanol–water partition coefficient (Wildman–Crippen LogP) is 3.28. The lowest BCUT2D eigenvalue weighted by atomic mass is 10.2. The largest absolute Gasteiger partial charge is 0.478 e. The van der Waals surface area contributed by atoms with Crippen molar-refractivity contribution >= 4 is 11.7 Å². The van der Waals surface area contributed by atoms with E-state index in [1.165, 1.54) is 18.2 Å². The summed E-state index contributed by atoms with van der Waals surface area (Å²) >= 11 is 0. The summed E-state index contributed by atoms with van der Waals surface area (Å²) in [5, 5.41) is 11.8. The maximum Gasteiger partial charge on any atom is 0.335 e. The second-order valence-corrected chi connectivity index (χ2v) is 3.99. The van der Waals surface area contributed by atoms with Crippen LogP contribution in [0.25, 0.3) is 0 Å². The van der Waals surface area contributed by atoms with Crippen LogP contribution in [0.2, 0.25) is 0 Å². The van der Waals surface area contributed by atoms with Crippen LogP contribution < -0.4 is 5.32 Å². The lowest BCUT2D eigenvalue weighted by Crippen LogP contribution is -2.02. The summed E-state index contributed by atoms with van der Waals surface area (Å²) in [5.41, 5.74) is 1.33. The van der Waals surface area contributed by atoms with Crippen molar-refractivity contribution in [2.45, 2.75) is 6.54 Å². The molecule has 2 rings (SSSR count). The maximum atomic E-state index is 13.0. The van der Waals surface area contributed by atoms with E-state index in [1.54, 1.807) is 12.1 Å². The topological polar surface area (TPSA) is 49.3 Å². The molecule has 0 bridgehead atoms. The number of aromatic carboxylic acids is 1. The minimum atomic E-state index is -1.02. The minimum absolute atomic E-state index is 0.162. The summed E-state index contributed by atoms with van der Waals surface area (Å²) in [4.78, 5) is 10.8. The number of halogens is 2. The van der Waals surface area contributed by atoms with Gasteiger partial charge in [0.15, 0.2) is 11.6 Å². The number of carboxylic acids is 1. The SMILES string of the molecule is O=C(O)c1cccc(NCc2ccc(F)c(F)c2)c1. The molecule has 98 valence electrons. The molecule has 2 N–H and O–H groups in total. The van der Waals surface area contributed by atoms with Gasteiger partial charge in [-0.1, -0.05) is 12.1 Å². The van der Waals surface area contributed by atoms with Crippen LogP contribution in [0.5, 0.6) is 0 Å². The van der Waals surface area contributed by atoms with Gasteiger partial charge >= 0.3 is 5.97 Å². The van der Waals surface area contributed by atoms with E-state index in [2.05, 4.69) is 5.32 Å². The highest BCUT2D eigenvalue weighted by Crippen LogP contribution is 2.14. The van der Waals surface area contributed by atoms with E-state index in [-0.39, 0.29) is 12.1 Å². The van der Waals surface area contributed by atoms with E-state index < -0.39 is 17.6 Å². The summed E-state index contributed by atoms with van der Waals surface area (Å²) in [5.74, 6) is -2.81. The molecule has 0 saturated heterocycles. The Morgan fingerprint density at radius 2 is 1.89 bits per heavy atom. The van der Waals surface area contributed by atoms with Crippen LogP contribution in [-0.4, -0.2) is 11.1 Å². The van der Waals surface area contributed by atoms with E-state index in [9.17, 15) is 13.6 Å². The van der Waals surface area contributed by atoms with Gasteiger partial charge in [0.05, 0.1) is 5.56 Å². The normalized spacial score (nSPS) is 10.2. The standard InChI is InChI=1S/C14H11F2NO2/c15-12-5-4-9(6-13(12)16)8-17-11-3-1-2-10(7-11)14(18)19/h1-7,17H,8H2,(H,18,19). The quantitative estimate of drug-likeness (QED) is 0.890. The van der Waals surface area contributed by atoms with Crippen LogP contribution in [-0.2, 0) is 6.54 Å².